The summed E-state index contributed by atoms with van der Waals surface area (Å²) in [6.07, 6.45) is 4.73. The zero-order valence-corrected chi connectivity index (χ0v) is 20.2. The van der Waals surface area contributed by atoms with Crippen LogP contribution in [-0.4, -0.2) is 60.9 Å². The summed E-state index contributed by atoms with van der Waals surface area (Å²) in [6.45, 7) is 9.27. The molecule has 3 aliphatic rings. The Hall–Kier alpha value is -3.12. The van der Waals surface area contributed by atoms with Gasteiger partial charge in [0.05, 0.1) is 6.61 Å². The van der Waals surface area contributed by atoms with Gasteiger partial charge < -0.3 is 15.0 Å². The number of fused-ring (bicyclic) bond motifs is 2. The molecule has 0 aliphatic carbocycles. The van der Waals surface area contributed by atoms with E-state index >= 15 is 0 Å². The molecule has 0 radical (unpaired) electrons. The van der Waals surface area contributed by atoms with E-state index in [0.717, 1.165) is 55.8 Å². The van der Waals surface area contributed by atoms with Crippen molar-refractivity contribution in [3.8, 4) is 5.75 Å². The van der Waals surface area contributed by atoms with Crippen molar-refractivity contribution in [3.63, 3.8) is 0 Å². The van der Waals surface area contributed by atoms with E-state index in [1.165, 1.54) is 22.3 Å². The highest BCUT2D eigenvalue weighted by atomic mass is 16.5. The molecule has 2 amide bonds. The molecule has 6 heteroatoms. The smallest absolute Gasteiger partial charge is 0.251 e. The zero-order chi connectivity index (χ0) is 23.7. The fourth-order valence-corrected chi connectivity index (χ4v) is 5.14. The highest BCUT2D eigenvalue weighted by Crippen LogP contribution is 2.26. The lowest BCUT2D eigenvalue weighted by molar-refractivity contribution is -0.128. The number of hydrogen-bond donors (Lipinski definition) is 1. The number of benzene rings is 2. The van der Waals surface area contributed by atoms with Gasteiger partial charge in [0.1, 0.15) is 5.75 Å². The van der Waals surface area contributed by atoms with Crippen LogP contribution >= 0.6 is 0 Å². The van der Waals surface area contributed by atoms with E-state index in [9.17, 15) is 9.59 Å². The minimum Gasteiger partial charge on any atom is -0.493 e. The van der Waals surface area contributed by atoms with Gasteiger partial charge >= 0.3 is 0 Å². The number of rotatable bonds is 5. The van der Waals surface area contributed by atoms with Gasteiger partial charge in [0, 0.05) is 56.8 Å². The van der Waals surface area contributed by atoms with Gasteiger partial charge in [-0.2, -0.15) is 0 Å². The highest BCUT2D eigenvalue weighted by molar-refractivity contribution is 5.95. The van der Waals surface area contributed by atoms with Crippen LogP contribution in [0.1, 0.15) is 44.6 Å². The molecular formula is C28H33N3O3. The molecule has 0 saturated carbocycles. The average molecular weight is 460 g/mol. The van der Waals surface area contributed by atoms with E-state index < -0.39 is 0 Å². The predicted molar refractivity (Wildman–Crippen MR) is 132 cm³/mol. The molecule has 0 unspecified atom stereocenters. The van der Waals surface area contributed by atoms with Crippen molar-refractivity contribution in [2.45, 2.75) is 39.7 Å². The van der Waals surface area contributed by atoms with Crippen molar-refractivity contribution in [3.05, 3.63) is 75.4 Å². The summed E-state index contributed by atoms with van der Waals surface area (Å²) in [7, 11) is 0. The Kier molecular flexibility index (Phi) is 6.42. The van der Waals surface area contributed by atoms with Gasteiger partial charge in [-0.05, 0) is 72.7 Å². The number of aryl methyl sites for hydroxylation is 2. The third-order valence-corrected chi connectivity index (χ3v) is 7.29. The SMILES string of the molecule is Cc1cc2c(cc1C)CN(C(=O)C1=CCCN(CCNC(=O)c3ccc4c(c3)CCO4)C1)CC2. The lowest BCUT2D eigenvalue weighted by Gasteiger charge is -2.33. The normalized spacial score (nSPS) is 17.5. The Balaban J connectivity index is 1.13. The van der Waals surface area contributed by atoms with Crippen LogP contribution in [0.5, 0.6) is 5.75 Å². The molecule has 0 aromatic heterocycles. The van der Waals surface area contributed by atoms with Gasteiger partial charge in [0.15, 0.2) is 0 Å². The molecule has 0 spiro atoms. The Morgan fingerprint density at radius 1 is 0.971 bits per heavy atom. The predicted octanol–water partition coefficient (Wildman–Crippen LogP) is 3.19. The third kappa shape index (κ3) is 4.73. The van der Waals surface area contributed by atoms with E-state index in [-0.39, 0.29) is 11.8 Å². The molecule has 3 aliphatic heterocycles. The van der Waals surface area contributed by atoms with Gasteiger partial charge in [0.2, 0.25) is 0 Å². The van der Waals surface area contributed by atoms with Gasteiger partial charge in [-0.1, -0.05) is 18.2 Å². The van der Waals surface area contributed by atoms with Crippen molar-refractivity contribution in [1.82, 2.24) is 15.1 Å². The average Bonchev–Trinajstić information content (AvgIpc) is 3.32. The molecule has 0 saturated heterocycles. The lowest BCUT2D eigenvalue weighted by Crippen LogP contribution is -2.43. The Bertz CT molecular complexity index is 1150. The molecule has 5 rings (SSSR count). The Morgan fingerprint density at radius 2 is 1.79 bits per heavy atom. The summed E-state index contributed by atoms with van der Waals surface area (Å²) >= 11 is 0. The first-order chi connectivity index (χ1) is 16.5. The second-order valence-corrected chi connectivity index (χ2v) is 9.65. The molecule has 178 valence electrons. The zero-order valence-electron chi connectivity index (χ0n) is 20.2. The molecule has 0 atom stereocenters. The molecule has 6 nitrogen and oxygen atoms in total. The third-order valence-electron chi connectivity index (χ3n) is 7.29. The number of carbonyl (C=O) groups is 2. The number of hydrogen-bond acceptors (Lipinski definition) is 4. The van der Waals surface area contributed by atoms with Crippen LogP contribution in [-0.2, 0) is 24.2 Å². The summed E-state index contributed by atoms with van der Waals surface area (Å²) in [5.41, 5.74) is 7.91. The Morgan fingerprint density at radius 3 is 2.65 bits per heavy atom. The van der Waals surface area contributed by atoms with Crippen molar-refractivity contribution in [2.24, 2.45) is 0 Å². The molecule has 3 heterocycles. The standard InChI is InChI=1S/C28H33N3O3/c1-19-14-21-7-11-31(18-25(21)15-20(19)2)28(33)24-4-3-10-30(17-24)12-9-29-27(32)23-5-6-26-22(16-23)8-13-34-26/h4-6,14-16H,3,7-13,17-18H2,1-2H3,(H,29,32). The fourth-order valence-electron chi connectivity index (χ4n) is 5.14. The van der Waals surface area contributed by atoms with Crippen LogP contribution in [0.2, 0.25) is 0 Å². The van der Waals surface area contributed by atoms with E-state index in [4.69, 9.17) is 4.74 Å². The molecule has 0 bridgehead atoms. The molecule has 0 fully saturated rings. The van der Waals surface area contributed by atoms with Crippen LogP contribution in [0.25, 0.3) is 0 Å². The molecule has 34 heavy (non-hydrogen) atoms. The van der Waals surface area contributed by atoms with Crippen LogP contribution < -0.4 is 10.1 Å². The number of carbonyl (C=O) groups excluding carboxylic acids is 2. The summed E-state index contributed by atoms with van der Waals surface area (Å²) in [5.74, 6) is 0.977. The molecule has 2 aromatic rings. The van der Waals surface area contributed by atoms with Gasteiger partial charge in [-0.3, -0.25) is 14.5 Å². The fraction of sp³-hybridized carbons (Fsp3) is 0.429. The van der Waals surface area contributed by atoms with E-state index in [1.54, 1.807) is 0 Å². The van der Waals surface area contributed by atoms with E-state index in [2.05, 4.69) is 42.3 Å². The Labute approximate surface area is 201 Å². The summed E-state index contributed by atoms with van der Waals surface area (Å²) < 4.78 is 5.52. The molecule has 1 N–H and O–H groups in total. The van der Waals surface area contributed by atoms with Gasteiger partial charge in [0.25, 0.3) is 11.8 Å². The largest absolute Gasteiger partial charge is 0.493 e. The highest BCUT2D eigenvalue weighted by Gasteiger charge is 2.26. The number of ether oxygens (including phenoxy) is 1. The van der Waals surface area contributed by atoms with Crippen LogP contribution in [0.3, 0.4) is 0 Å². The van der Waals surface area contributed by atoms with Crippen LogP contribution in [0, 0.1) is 13.8 Å². The van der Waals surface area contributed by atoms with Crippen molar-refractivity contribution in [1.29, 1.82) is 0 Å². The maximum absolute atomic E-state index is 13.3. The quantitative estimate of drug-likeness (QED) is 0.746. The van der Waals surface area contributed by atoms with Crippen molar-refractivity contribution < 1.29 is 14.3 Å². The maximum atomic E-state index is 13.3. The van der Waals surface area contributed by atoms with E-state index in [1.807, 2.05) is 23.1 Å². The lowest BCUT2D eigenvalue weighted by atomic mass is 9.94. The first-order valence-corrected chi connectivity index (χ1v) is 12.3. The van der Waals surface area contributed by atoms with Gasteiger partial charge in [-0.15, -0.1) is 0 Å². The van der Waals surface area contributed by atoms with Gasteiger partial charge in [-0.25, -0.2) is 0 Å². The number of nitrogens with zero attached hydrogens (tertiary/aromatic N) is 2. The van der Waals surface area contributed by atoms with Crippen LogP contribution in [0.4, 0.5) is 0 Å². The summed E-state index contributed by atoms with van der Waals surface area (Å²) in [6, 6.07) is 10.1. The van der Waals surface area contributed by atoms with E-state index in [0.29, 0.717) is 31.8 Å². The van der Waals surface area contributed by atoms with Crippen LogP contribution in [0.15, 0.2) is 42.0 Å². The summed E-state index contributed by atoms with van der Waals surface area (Å²) in [5, 5.41) is 3.03. The minimum absolute atomic E-state index is 0.0592. The minimum atomic E-state index is -0.0592. The van der Waals surface area contributed by atoms with Crippen molar-refractivity contribution >= 4 is 11.8 Å². The first kappa shape index (κ1) is 22.7. The molecular weight excluding hydrogens is 426 g/mol. The number of amides is 2. The molecule has 2 aromatic carbocycles. The summed E-state index contributed by atoms with van der Waals surface area (Å²) in [4.78, 5) is 30.1. The number of nitrogens with one attached hydrogen (secondary N) is 1. The monoisotopic (exact) mass is 459 g/mol. The topological polar surface area (TPSA) is 61.9 Å². The first-order valence-electron chi connectivity index (χ1n) is 12.3. The maximum Gasteiger partial charge on any atom is 0.251 e. The second-order valence-electron chi connectivity index (χ2n) is 9.65. The second kappa shape index (κ2) is 9.63. The van der Waals surface area contributed by atoms with Crippen molar-refractivity contribution in [2.75, 3.05) is 39.3 Å².